The van der Waals surface area contributed by atoms with E-state index in [0.717, 1.165) is 17.5 Å². The molecule has 0 bridgehead atoms. The van der Waals surface area contributed by atoms with Crippen molar-refractivity contribution >= 4 is 29.6 Å². The summed E-state index contributed by atoms with van der Waals surface area (Å²) in [4.78, 5) is 19.5. The first-order chi connectivity index (χ1) is 10.5. The molecule has 0 atom stereocenters. The van der Waals surface area contributed by atoms with E-state index in [-0.39, 0.29) is 12.0 Å². The molecule has 0 aliphatic carbocycles. The zero-order valence-corrected chi connectivity index (χ0v) is 13.6. The summed E-state index contributed by atoms with van der Waals surface area (Å²) in [5, 5.41) is 13.2. The first-order valence-corrected chi connectivity index (χ1v) is 8.07. The fourth-order valence-electron chi connectivity index (χ4n) is 1.91. The minimum Gasteiger partial charge on any atom is -0.395 e. The smallest absolute Gasteiger partial charge is 0.189 e. The van der Waals surface area contributed by atoms with Crippen LogP contribution in [0.1, 0.15) is 29.8 Å². The van der Waals surface area contributed by atoms with E-state index in [4.69, 9.17) is 0 Å². The predicted octanol–water partition coefficient (Wildman–Crippen LogP) is 3.02. The summed E-state index contributed by atoms with van der Waals surface area (Å²) in [7, 11) is 0. The van der Waals surface area contributed by atoms with Crippen molar-refractivity contribution in [2.45, 2.75) is 24.4 Å². The highest BCUT2D eigenvalue weighted by Gasteiger charge is 2.19. The van der Waals surface area contributed by atoms with Crippen molar-refractivity contribution in [1.29, 1.82) is 0 Å². The number of aliphatic hydroxyl groups is 1. The van der Waals surface area contributed by atoms with Gasteiger partial charge in [0.15, 0.2) is 11.4 Å². The minimum atomic E-state index is -0.332. The molecule has 6 heteroatoms. The minimum absolute atomic E-state index is 0.0557. The molecule has 0 radical (unpaired) electrons. The molecule has 2 N–H and O–H groups in total. The van der Waals surface area contributed by atoms with Gasteiger partial charge in [-0.25, -0.2) is 9.97 Å². The maximum atomic E-state index is 11.1. The number of nitrogens with zero attached hydrogens (tertiary/aromatic N) is 2. The molecule has 22 heavy (non-hydrogen) atoms. The van der Waals surface area contributed by atoms with E-state index in [1.54, 1.807) is 0 Å². The number of hydrogen-bond acceptors (Lipinski definition) is 6. The van der Waals surface area contributed by atoms with Crippen LogP contribution in [0.4, 0.5) is 11.5 Å². The maximum Gasteiger partial charge on any atom is 0.189 e. The van der Waals surface area contributed by atoms with Gasteiger partial charge < -0.3 is 10.4 Å². The second-order valence-electron chi connectivity index (χ2n) is 5.53. The van der Waals surface area contributed by atoms with E-state index < -0.39 is 0 Å². The number of aromatic nitrogens is 2. The van der Waals surface area contributed by atoms with Crippen LogP contribution in [-0.4, -0.2) is 34.2 Å². The average Bonchev–Trinajstić information content (AvgIpc) is 2.55. The molecule has 2 aromatic rings. The molecule has 2 rings (SSSR count). The van der Waals surface area contributed by atoms with Gasteiger partial charge in [-0.3, -0.25) is 4.79 Å². The number of aldehydes is 1. The topological polar surface area (TPSA) is 75.1 Å². The van der Waals surface area contributed by atoms with Gasteiger partial charge in [-0.15, -0.1) is 0 Å². The van der Waals surface area contributed by atoms with Crippen molar-refractivity contribution in [3.05, 3.63) is 41.6 Å². The third kappa shape index (κ3) is 3.64. The molecule has 0 unspecified atom stereocenters. The van der Waals surface area contributed by atoms with E-state index in [9.17, 15) is 9.90 Å². The number of hydrogen-bond donors (Lipinski definition) is 2. The number of carbonyl (C=O) groups excluding carboxylic acids is 1. The van der Waals surface area contributed by atoms with Crippen LogP contribution in [0.3, 0.4) is 0 Å². The summed E-state index contributed by atoms with van der Waals surface area (Å²) in [5.41, 5.74) is 1.89. The van der Waals surface area contributed by atoms with Gasteiger partial charge in [0.1, 0.15) is 5.82 Å². The lowest BCUT2D eigenvalue weighted by Crippen LogP contribution is -2.22. The summed E-state index contributed by atoms with van der Waals surface area (Å²) in [5.74, 6) is 0.480. The van der Waals surface area contributed by atoms with Gasteiger partial charge in [0.05, 0.1) is 12.2 Å². The Labute approximate surface area is 134 Å². The van der Waals surface area contributed by atoms with Gasteiger partial charge in [0.2, 0.25) is 0 Å². The average molecular weight is 317 g/mol. The molecular weight excluding hydrogens is 298 g/mol. The summed E-state index contributed by atoms with van der Waals surface area (Å²) < 4.78 is 0. The summed E-state index contributed by atoms with van der Waals surface area (Å²) in [6.45, 7) is 4.00. The Bertz CT molecular complexity index is 674. The largest absolute Gasteiger partial charge is 0.395 e. The Morgan fingerprint density at radius 2 is 2.18 bits per heavy atom. The SMILES string of the molecule is CSc1ncc(C=O)c(Nc2cccc(C(C)(C)CO)c2)n1. The van der Waals surface area contributed by atoms with Crippen molar-refractivity contribution in [2.24, 2.45) is 0 Å². The second-order valence-corrected chi connectivity index (χ2v) is 6.30. The third-order valence-electron chi connectivity index (χ3n) is 3.41. The van der Waals surface area contributed by atoms with Crippen LogP contribution in [0, 0.1) is 0 Å². The van der Waals surface area contributed by atoms with Gasteiger partial charge in [-0.2, -0.15) is 0 Å². The summed E-state index contributed by atoms with van der Waals surface area (Å²) in [6, 6.07) is 7.72. The van der Waals surface area contributed by atoms with E-state index in [1.807, 2.05) is 44.4 Å². The van der Waals surface area contributed by atoms with Crippen molar-refractivity contribution in [1.82, 2.24) is 9.97 Å². The molecule has 1 heterocycles. The number of aliphatic hydroxyl groups excluding tert-OH is 1. The highest BCUT2D eigenvalue weighted by molar-refractivity contribution is 7.98. The van der Waals surface area contributed by atoms with E-state index in [0.29, 0.717) is 16.5 Å². The zero-order valence-electron chi connectivity index (χ0n) is 12.8. The molecular formula is C16H19N3O2S. The van der Waals surface area contributed by atoms with Crippen molar-refractivity contribution in [3.8, 4) is 0 Å². The quantitative estimate of drug-likeness (QED) is 0.484. The maximum absolute atomic E-state index is 11.1. The van der Waals surface area contributed by atoms with E-state index in [1.165, 1.54) is 18.0 Å². The van der Waals surface area contributed by atoms with Gasteiger partial charge >= 0.3 is 0 Å². The van der Waals surface area contributed by atoms with Gasteiger partial charge in [-0.1, -0.05) is 37.7 Å². The van der Waals surface area contributed by atoms with Crippen LogP contribution in [0.2, 0.25) is 0 Å². The lowest BCUT2D eigenvalue weighted by molar-refractivity contribution is 0.112. The predicted molar refractivity (Wildman–Crippen MR) is 89.0 cm³/mol. The molecule has 0 saturated carbocycles. The fraction of sp³-hybridized carbons (Fsp3) is 0.312. The number of anilines is 2. The monoisotopic (exact) mass is 317 g/mol. The highest BCUT2D eigenvalue weighted by atomic mass is 32.2. The van der Waals surface area contributed by atoms with E-state index in [2.05, 4.69) is 15.3 Å². The Hall–Kier alpha value is -1.92. The number of thioether (sulfide) groups is 1. The molecule has 0 fully saturated rings. The Balaban J connectivity index is 2.35. The molecule has 5 nitrogen and oxygen atoms in total. The number of benzene rings is 1. The van der Waals surface area contributed by atoms with Gasteiger partial charge in [0, 0.05) is 17.3 Å². The zero-order chi connectivity index (χ0) is 16.2. The fourth-order valence-corrected chi connectivity index (χ4v) is 2.25. The second kappa shape index (κ2) is 6.89. The molecule has 1 aromatic heterocycles. The molecule has 1 aromatic carbocycles. The first kappa shape index (κ1) is 16.5. The van der Waals surface area contributed by atoms with Crippen LogP contribution in [0.15, 0.2) is 35.6 Å². The standard InChI is InChI=1S/C16H19N3O2S/c1-16(2,10-21)12-5-4-6-13(7-12)18-14-11(9-20)8-17-15(19-14)22-3/h4-9,21H,10H2,1-3H3,(H,17,18,19). The molecule has 0 spiro atoms. The first-order valence-electron chi connectivity index (χ1n) is 6.85. The summed E-state index contributed by atoms with van der Waals surface area (Å²) >= 11 is 1.41. The van der Waals surface area contributed by atoms with Crippen molar-refractivity contribution < 1.29 is 9.90 Å². The summed E-state index contributed by atoms with van der Waals surface area (Å²) in [6.07, 6.45) is 4.12. The Morgan fingerprint density at radius 1 is 1.41 bits per heavy atom. The van der Waals surface area contributed by atoms with E-state index >= 15 is 0 Å². The number of rotatable bonds is 6. The van der Waals surface area contributed by atoms with Crippen LogP contribution in [0.5, 0.6) is 0 Å². The van der Waals surface area contributed by atoms with Crippen molar-refractivity contribution in [3.63, 3.8) is 0 Å². The third-order valence-corrected chi connectivity index (χ3v) is 3.97. The molecule has 0 aliphatic heterocycles. The lowest BCUT2D eigenvalue weighted by Gasteiger charge is -2.23. The molecule has 116 valence electrons. The van der Waals surface area contributed by atoms with Crippen molar-refractivity contribution in [2.75, 3.05) is 18.2 Å². The normalized spacial score (nSPS) is 11.3. The van der Waals surface area contributed by atoms with Crippen LogP contribution < -0.4 is 5.32 Å². The number of nitrogens with one attached hydrogen (secondary N) is 1. The lowest BCUT2D eigenvalue weighted by atomic mass is 9.85. The van der Waals surface area contributed by atoms with Crippen LogP contribution >= 0.6 is 11.8 Å². The van der Waals surface area contributed by atoms with Crippen LogP contribution in [-0.2, 0) is 5.41 Å². The molecule has 0 aliphatic rings. The Morgan fingerprint density at radius 3 is 2.82 bits per heavy atom. The molecule has 0 amide bonds. The number of carbonyl (C=O) groups is 1. The highest BCUT2D eigenvalue weighted by Crippen LogP contribution is 2.27. The Kier molecular flexibility index (Phi) is 5.15. The molecule has 0 saturated heterocycles. The van der Waals surface area contributed by atoms with Crippen LogP contribution in [0.25, 0.3) is 0 Å². The van der Waals surface area contributed by atoms with Gasteiger partial charge in [-0.05, 0) is 24.0 Å². The van der Waals surface area contributed by atoms with Gasteiger partial charge in [0.25, 0.3) is 0 Å².